The molecule has 6 heteroatoms. The maximum Gasteiger partial charge on any atom is 0.275 e. The fourth-order valence-electron chi connectivity index (χ4n) is 2.77. The zero-order valence-corrected chi connectivity index (χ0v) is 14.3. The van der Waals surface area contributed by atoms with Gasteiger partial charge in [0, 0.05) is 25.5 Å². The SMILES string of the molecule is C#Cc1c(C(=O)N2CCC(O)CC2)nn2cccnc12.c1ccccc1. The Hall–Kier alpha value is -3.17. The van der Waals surface area contributed by atoms with E-state index in [2.05, 4.69) is 16.0 Å². The molecule has 2 aromatic heterocycles. The van der Waals surface area contributed by atoms with Crippen LogP contribution in [0.1, 0.15) is 28.9 Å². The Labute approximate surface area is 152 Å². The third-order valence-corrected chi connectivity index (χ3v) is 4.16. The maximum absolute atomic E-state index is 12.5. The Bertz CT molecular complexity index is 880. The third-order valence-electron chi connectivity index (χ3n) is 4.16. The summed E-state index contributed by atoms with van der Waals surface area (Å²) in [5, 5.41) is 13.7. The quantitative estimate of drug-likeness (QED) is 0.683. The van der Waals surface area contributed by atoms with E-state index in [4.69, 9.17) is 6.42 Å². The lowest BCUT2D eigenvalue weighted by molar-refractivity contribution is 0.0541. The van der Waals surface area contributed by atoms with Crippen molar-refractivity contribution >= 4 is 11.6 Å². The molecule has 1 fully saturated rings. The molecule has 1 aromatic carbocycles. The average molecular weight is 348 g/mol. The lowest BCUT2D eigenvalue weighted by Crippen LogP contribution is -2.40. The van der Waals surface area contributed by atoms with E-state index in [1.165, 1.54) is 4.52 Å². The summed E-state index contributed by atoms with van der Waals surface area (Å²) in [7, 11) is 0. The van der Waals surface area contributed by atoms with Crippen LogP contribution in [0.5, 0.6) is 0 Å². The summed E-state index contributed by atoms with van der Waals surface area (Å²) in [4.78, 5) is 18.3. The third kappa shape index (κ3) is 3.90. The number of benzene rings is 1. The molecule has 1 aliphatic heterocycles. The van der Waals surface area contributed by atoms with E-state index in [1.807, 2.05) is 36.4 Å². The second-order valence-corrected chi connectivity index (χ2v) is 5.93. The minimum Gasteiger partial charge on any atom is -0.393 e. The van der Waals surface area contributed by atoms with Gasteiger partial charge in [-0.05, 0) is 18.9 Å². The predicted octanol–water partition coefficient (Wildman–Crippen LogP) is 1.99. The van der Waals surface area contributed by atoms with Gasteiger partial charge in [0.25, 0.3) is 5.91 Å². The Kier molecular flexibility index (Phi) is 5.62. The van der Waals surface area contributed by atoms with Crippen molar-refractivity contribution in [3.05, 3.63) is 66.1 Å². The van der Waals surface area contributed by atoms with Gasteiger partial charge in [0.05, 0.1) is 6.10 Å². The molecule has 6 nitrogen and oxygen atoms in total. The van der Waals surface area contributed by atoms with Crippen LogP contribution in [0, 0.1) is 12.3 Å². The van der Waals surface area contributed by atoms with Gasteiger partial charge in [-0.15, -0.1) is 6.42 Å². The highest BCUT2D eigenvalue weighted by Crippen LogP contribution is 2.17. The molecule has 132 valence electrons. The number of aromatic nitrogens is 3. The largest absolute Gasteiger partial charge is 0.393 e. The number of hydrogen-bond donors (Lipinski definition) is 1. The number of amides is 1. The number of rotatable bonds is 1. The summed E-state index contributed by atoms with van der Waals surface area (Å²) < 4.78 is 1.52. The molecule has 0 aliphatic carbocycles. The van der Waals surface area contributed by atoms with E-state index in [1.54, 1.807) is 23.4 Å². The molecule has 1 amide bonds. The number of aliphatic hydroxyl groups excluding tert-OH is 1. The van der Waals surface area contributed by atoms with E-state index in [-0.39, 0.29) is 17.7 Å². The van der Waals surface area contributed by atoms with Crippen LogP contribution in [-0.2, 0) is 0 Å². The van der Waals surface area contributed by atoms with E-state index in [0.717, 1.165) is 0 Å². The highest BCUT2D eigenvalue weighted by molar-refractivity contribution is 5.96. The summed E-state index contributed by atoms with van der Waals surface area (Å²) in [5.74, 6) is 2.31. The topological polar surface area (TPSA) is 70.7 Å². The number of carbonyl (C=O) groups is 1. The number of nitrogens with zero attached hydrogens (tertiary/aromatic N) is 4. The van der Waals surface area contributed by atoms with Gasteiger partial charge < -0.3 is 10.0 Å². The van der Waals surface area contributed by atoms with Gasteiger partial charge >= 0.3 is 0 Å². The first kappa shape index (κ1) is 17.6. The number of likely N-dealkylation sites (tertiary alicyclic amines) is 1. The van der Waals surface area contributed by atoms with Crippen molar-refractivity contribution < 1.29 is 9.90 Å². The van der Waals surface area contributed by atoms with Crippen LogP contribution in [0.2, 0.25) is 0 Å². The van der Waals surface area contributed by atoms with Crippen molar-refractivity contribution in [3.63, 3.8) is 0 Å². The Balaban J connectivity index is 0.000000278. The van der Waals surface area contributed by atoms with Crippen LogP contribution in [0.3, 0.4) is 0 Å². The number of hydrogen-bond acceptors (Lipinski definition) is 4. The van der Waals surface area contributed by atoms with Crippen LogP contribution < -0.4 is 0 Å². The van der Waals surface area contributed by atoms with Crippen LogP contribution in [0.15, 0.2) is 54.9 Å². The Morgan fingerprint density at radius 2 is 1.73 bits per heavy atom. The number of aliphatic hydroxyl groups is 1. The molecule has 0 radical (unpaired) electrons. The average Bonchev–Trinajstić information content (AvgIpc) is 3.08. The molecule has 1 N–H and O–H groups in total. The van der Waals surface area contributed by atoms with Crippen molar-refractivity contribution in [1.82, 2.24) is 19.5 Å². The Morgan fingerprint density at radius 1 is 1.12 bits per heavy atom. The molecule has 0 bridgehead atoms. The molecule has 0 atom stereocenters. The fraction of sp³-hybridized carbons (Fsp3) is 0.250. The van der Waals surface area contributed by atoms with Crippen LogP contribution in [-0.4, -0.2) is 49.7 Å². The molecule has 1 aliphatic rings. The molecule has 0 spiro atoms. The van der Waals surface area contributed by atoms with E-state index in [9.17, 15) is 9.90 Å². The molecular formula is C20H20N4O2. The Morgan fingerprint density at radius 3 is 2.31 bits per heavy atom. The predicted molar refractivity (Wildman–Crippen MR) is 98.5 cm³/mol. The van der Waals surface area contributed by atoms with Crippen LogP contribution in [0.25, 0.3) is 5.65 Å². The van der Waals surface area contributed by atoms with E-state index < -0.39 is 0 Å². The first-order valence-corrected chi connectivity index (χ1v) is 8.48. The molecule has 4 rings (SSSR count). The lowest BCUT2D eigenvalue weighted by atomic mass is 10.1. The standard InChI is InChI=1S/C14H14N4O2.C6H6/c1-2-11-12(16-18-7-3-6-15-13(11)18)14(20)17-8-4-10(19)5-9-17;1-2-4-6-5-3-1/h1,3,6-7,10,19H,4-5,8-9H2;1-6H. The van der Waals surface area contributed by atoms with Crippen LogP contribution in [0.4, 0.5) is 0 Å². The monoisotopic (exact) mass is 348 g/mol. The van der Waals surface area contributed by atoms with Gasteiger partial charge in [-0.3, -0.25) is 4.79 Å². The van der Waals surface area contributed by atoms with Gasteiger partial charge in [0.1, 0.15) is 5.56 Å². The van der Waals surface area contributed by atoms with Crippen molar-refractivity contribution in [3.8, 4) is 12.3 Å². The number of fused-ring (bicyclic) bond motifs is 1. The van der Waals surface area contributed by atoms with Gasteiger partial charge in [-0.25, -0.2) is 9.50 Å². The van der Waals surface area contributed by atoms with Crippen LogP contribution >= 0.6 is 0 Å². The molecule has 1 saturated heterocycles. The summed E-state index contributed by atoms with van der Waals surface area (Å²) >= 11 is 0. The molecule has 26 heavy (non-hydrogen) atoms. The highest BCUT2D eigenvalue weighted by atomic mass is 16.3. The smallest absolute Gasteiger partial charge is 0.275 e. The molecule has 3 heterocycles. The molecule has 0 unspecified atom stereocenters. The van der Waals surface area contributed by atoms with E-state index >= 15 is 0 Å². The normalized spacial score (nSPS) is 14.4. The van der Waals surface area contributed by atoms with Crippen molar-refractivity contribution in [2.24, 2.45) is 0 Å². The van der Waals surface area contributed by atoms with Crippen molar-refractivity contribution in [2.75, 3.05) is 13.1 Å². The van der Waals surface area contributed by atoms with Crippen molar-refractivity contribution in [1.29, 1.82) is 0 Å². The maximum atomic E-state index is 12.5. The zero-order valence-electron chi connectivity index (χ0n) is 14.3. The second-order valence-electron chi connectivity index (χ2n) is 5.93. The van der Waals surface area contributed by atoms with Gasteiger partial charge in [0.15, 0.2) is 11.3 Å². The van der Waals surface area contributed by atoms with E-state index in [0.29, 0.717) is 37.1 Å². The minimum absolute atomic E-state index is 0.199. The second kappa shape index (κ2) is 8.28. The van der Waals surface area contributed by atoms with Gasteiger partial charge in [0.2, 0.25) is 0 Å². The van der Waals surface area contributed by atoms with Gasteiger partial charge in [-0.1, -0.05) is 42.3 Å². The number of carbonyl (C=O) groups excluding carboxylic acids is 1. The number of piperidine rings is 1. The van der Waals surface area contributed by atoms with Gasteiger partial charge in [-0.2, -0.15) is 5.10 Å². The summed E-state index contributed by atoms with van der Waals surface area (Å²) in [6.07, 6.45) is 9.67. The zero-order chi connectivity index (χ0) is 18.4. The summed E-state index contributed by atoms with van der Waals surface area (Å²) in [6, 6.07) is 13.7. The molecular weight excluding hydrogens is 328 g/mol. The summed E-state index contributed by atoms with van der Waals surface area (Å²) in [5.41, 5.74) is 1.18. The fourth-order valence-corrected chi connectivity index (χ4v) is 2.77. The highest BCUT2D eigenvalue weighted by Gasteiger charge is 2.27. The lowest BCUT2D eigenvalue weighted by Gasteiger charge is -2.29. The first-order valence-electron chi connectivity index (χ1n) is 8.48. The molecule has 3 aromatic rings. The summed E-state index contributed by atoms with van der Waals surface area (Å²) in [6.45, 7) is 1.04. The first-order chi connectivity index (χ1) is 12.7. The minimum atomic E-state index is -0.325. The molecule has 0 saturated carbocycles. The number of terminal acetylenes is 1. The van der Waals surface area contributed by atoms with Crippen molar-refractivity contribution in [2.45, 2.75) is 18.9 Å².